The third kappa shape index (κ3) is 1.77. The molecule has 0 atom stereocenters. The predicted octanol–water partition coefficient (Wildman–Crippen LogP) is -0.590. The van der Waals surface area contributed by atoms with E-state index in [1.807, 2.05) is 0 Å². The number of hydrogen-bond donors (Lipinski definition) is 3. The SMILES string of the molecule is C=C(C)NNc1nc2c([nH]1)c(=O)n(C)c(=O)n2C. The van der Waals surface area contributed by atoms with Gasteiger partial charge in [0.2, 0.25) is 5.95 Å². The molecule has 0 unspecified atom stereocenters. The first-order valence-corrected chi connectivity index (χ1v) is 5.25. The summed E-state index contributed by atoms with van der Waals surface area (Å²) in [5.41, 5.74) is 5.93. The standard InChI is InChI=1S/C10H14N6O2/c1-5(2)13-14-9-11-6-7(12-9)15(3)10(18)16(4)8(6)17/h13H,1H2,2-4H3,(H2,11,12,14). The number of aromatic nitrogens is 4. The summed E-state index contributed by atoms with van der Waals surface area (Å²) in [6.45, 7) is 5.42. The molecule has 2 aromatic heterocycles. The monoisotopic (exact) mass is 250 g/mol. The molecule has 0 aliphatic rings. The first kappa shape index (κ1) is 12.0. The van der Waals surface area contributed by atoms with Gasteiger partial charge in [0.25, 0.3) is 5.56 Å². The Morgan fingerprint density at radius 2 is 2.00 bits per heavy atom. The molecule has 8 heteroatoms. The topological polar surface area (TPSA) is 96.7 Å². The molecule has 2 rings (SSSR count). The molecule has 96 valence electrons. The molecule has 0 aliphatic carbocycles. The minimum atomic E-state index is -0.418. The molecular weight excluding hydrogens is 236 g/mol. The van der Waals surface area contributed by atoms with Crippen LogP contribution in [0.5, 0.6) is 0 Å². The number of allylic oxidation sites excluding steroid dienone is 1. The number of hydrazine groups is 1. The number of nitrogens with one attached hydrogen (secondary N) is 3. The minimum absolute atomic E-state index is 0.269. The van der Waals surface area contributed by atoms with Crippen LogP contribution in [0.3, 0.4) is 0 Å². The summed E-state index contributed by atoms with van der Waals surface area (Å²) in [5.74, 6) is 0.339. The summed E-state index contributed by atoms with van der Waals surface area (Å²) in [5, 5.41) is 0. The van der Waals surface area contributed by atoms with Gasteiger partial charge in [-0.05, 0) is 6.92 Å². The smallest absolute Gasteiger partial charge is 0.317 e. The van der Waals surface area contributed by atoms with E-state index in [0.29, 0.717) is 17.3 Å². The van der Waals surface area contributed by atoms with Crippen LogP contribution in [-0.2, 0) is 14.1 Å². The van der Waals surface area contributed by atoms with Crippen LogP contribution < -0.4 is 22.1 Å². The van der Waals surface area contributed by atoms with E-state index in [9.17, 15) is 9.59 Å². The van der Waals surface area contributed by atoms with Crippen molar-refractivity contribution >= 4 is 17.1 Å². The Balaban J connectivity index is 2.61. The van der Waals surface area contributed by atoms with E-state index in [0.717, 1.165) is 4.57 Å². The van der Waals surface area contributed by atoms with E-state index in [1.54, 1.807) is 14.0 Å². The number of anilines is 1. The van der Waals surface area contributed by atoms with E-state index in [2.05, 4.69) is 27.4 Å². The largest absolute Gasteiger partial charge is 0.332 e. The highest BCUT2D eigenvalue weighted by Gasteiger charge is 2.12. The quantitative estimate of drug-likeness (QED) is 0.633. The maximum absolute atomic E-state index is 11.9. The average molecular weight is 250 g/mol. The number of aryl methyl sites for hydroxylation is 1. The molecule has 0 fully saturated rings. The van der Waals surface area contributed by atoms with Crippen molar-refractivity contribution in [3.63, 3.8) is 0 Å². The average Bonchev–Trinajstić information content (AvgIpc) is 2.75. The number of aromatic amines is 1. The summed E-state index contributed by atoms with van der Waals surface area (Å²) in [6.07, 6.45) is 0. The van der Waals surface area contributed by atoms with Gasteiger partial charge in [-0.1, -0.05) is 6.58 Å². The maximum atomic E-state index is 11.9. The molecule has 0 aromatic carbocycles. The van der Waals surface area contributed by atoms with Gasteiger partial charge in [0.1, 0.15) is 0 Å². The van der Waals surface area contributed by atoms with Gasteiger partial charge in [0.05, 0.1) is 0 Å². The summed E-state index contributed by atoms with van der Waals surface area (Å²) in [6, 6.07) is 0. The number of fused-ring (bicyclic) bond motifs is 1. The predicted molar refractivity (Wildman–Crippen MR) is 68.1 cm³/mol. The zero-order valence-corrected chi connectivity index (χ0v) is 10.4. The van der Waals surface area contributed by atoms with Crippen molar-refractivity contribution in [2.45, 2.75) is 6.92 Å². The van der Waals surface area contributed by atoms with E-state index >= 15 is 0 Å². The van der Waals surface area contributed by atoms with Crippen molar-refractivity contribution < 1.29 is 0 Å². The second kappa shape index (κ2) is 4.06. The summed E-state index contributed by atoms with van der Waals surface area (Å²) >= 11 is 0. The van der Waals surface area contributed by atoms with Crippen molar-refractivity contribution in [2.75, 3.05) is 5.43 Å². The van der Waals surface area contributed by atoms with Crippen molar-refractivity contribution in [1.29, 1.82) is 0 Å². The Morgan fingerprint density at radius 1 is 1.33 bits per heavy atom. The summed E-state index contributed by atoms with van der Waals surface area (Å²) < 4.78 is 2.33. The normalized spacial score (nSPS) is 10.6. The minimum Gasteiger partial charge on any atom is -0.317 e. The molecule has 8 nitrogen and oxygen atoms in total. The Labute approximate surface area is 102 Å². The Kier molecular flexibility index (Phi) is 2.70. The lowest BCUT2D eigenvalue weighted by Gasteiger charge is -2.03. The number of imidazole rings is 1. The molecule has 2 aromatic rings. The van der Waals surface area contributed by atoms with Crippen LogP contribution in [0.4, 0.5) is 5.95 Å². The molecular formula is C10H14N6O2. The van der Waals surface area contributed by atoms with Crippen molar-refractivity contribution in [3.05, 3.63) is 33.1 Å². The van der Waals surface area contributed by atoms with E-state index in [1.165, 1.54) is 11.6 Å². The zero-order chi connectivity index (χ0) is 13.4. The highest BCUT2D eigenvalue weighted by Crippen LogP contribution is 2.07. The highest BCUT2D eigenvalue weighted by molar-refractivity contribution is 5.72. The Hall–Kier alpha value is -2.51. The molecule has 0 amide bonds. The van der Waals surface area contributed by atoms with Crippen LogP contribution in [0.25, 0.3) is 11.2 Å². The molecule has 3 N–H and O–H groups in total. The highest BCUT2D eigenvalue weighted by atomic mass is 16.2. The van der Waals surface area contributed by atoms with Crippen LogP contribution in [0.15, 0.2) is 21.9 Å². The number of hydrogen-bond acceptors (Lipinski definition) is 5. The Morgan fingerprint density at radius 3 is 2.61 bits per heavy atom. The van der Waals surface area contributed by atoms with Gasteiger partial charge in [0, 0.05) is 19.8 Å². The van der Waals surface area contributed by atoms with Gasteiger partial charge in [-0.15, -0.1) is 0 Å². The molecule has 0 saturated carbocycles. The van der Waals surface area contributed by atoms with E-state index < -0.39 is 11.2 Å². The number of H-pyrrole nitrogens is 1. The fourth-order valence-corrected chi connectivity index (χ4v) is 1.55. The van der Waals surface area contributed by atoms with Crippen LogP contribution in [-0.4, -0.2) is 19.1 Å². The lowest BCUT2D eigenvalue weighted by atomic mass is 10.5. The van der Waals surface area contributed by atoms with Crippen LogP contribution in [0.1, 0.15) is 6.92 Å². The fraction of sp³-hybridized carbons (Fsp3) is 0.300. The second-order valence-corrected chi connectivity index (χ2v) is 4.02. The van der Waals surface area contributed by atoms with Gasteiger partial charge in [-0.2, -0.15) is 4.98 Å². The first-order valence-electron chi connectivity index (χ1n) is 5.25. The molecule has 0 spiro atoms. The first-order chi connectivity index (χ1) is 8.41. The summed E-state index contributed by atoms with van der Waals surface area (Å²) in [7, 11) is 2.98. The van der Waals surface area contributed by atoms with Crippen molar-refractivity contribution in [1.82, 2.24) is 24.5 Å². The molecule has 0 aliphatic heterocycles. The number of rotatable bonds is 3. The molecule has 0 saturated heterocycles. The number of nitrogens with zero attached hydrogens (tertiary/aromatic N) is 3. The van der Waals surface area contributed by atoms with Crippen molar-refractivity contribution in [2.24, 2.45) is 14.1 Å². The molecule has 0 radical (unpaired) electrons. The lowest BCUT2D eigenvalue weighted by molar-refractivity contribution is 0.709. The third-order valence-electron chi connectivity index (χ3n) is 2.49. The fourth-order valence-electron chi connectivity index (χ4n) is 1.55. The van der Waals surface area contributed by atoms with E-state index in [4.69, 9.17) is 0 Å². The van der Waals surface area contributed by atoms with Crippen LogP contribution in [0.2, 0.25) is 0 Å². The van der Waals surface area contributed by atoms with Crippen LogP contribution in [0, 0.1) is 0 Å². The van der Waals surface area contributed by atoms with Gasteiger partial charge >= 0.3 is 5.69 Å². The third-order valence-corrected chi connectivity index (χ3v) is 2.49. The maximum Gasteiger partial charge on any atom is 0.332 e. The van der Waals surface area contributed by atoms with Gasteiger partial charge in [0.15, 0.2) is 11.2 Å². The Bertz CT molecular complexity index is 735. The zero-order valence-electron chi connectivity index (χ0n) is 10.4. The van der Waals surface area contributed by atoms with Crippen molar-refractivity contribution in [3.8, 4) is 0 Å². The van der Waals surface area contributed by atoms with Gasteiger partial charge < -0.3 is 10.4 Å². The summed E-state index contributed by atoms with van der Waals surface area (Å²) in [4.78, 5) is 30.5. The van der Waals surface area contributed by atoms with Gasteiger partial charge in [-0.3, -0.25) is 19.4 Å². The molecule has 18 heavy (non-hydrogen) atoms. The molecule has 2 heterocycles. The van der Waals surface area contributed by atoms with Crippen LogP contribution >= 0.6 is 0 Å². The second-order valence-electron chi connectivity index (χ2n) is 4.02. The molecule has 0 bridgehead atoms. The van der Waals surface area contributed by atoms with Gasteiger partial charge in [-0.25, -0.2) is 4.79 Å². The van der Waals surface area contributed by atoms with E-state index in [-0.39, 0.29) is 5.52 Å². The lowest BCUT2D eigenvalue weighted by Crippen LogP contribution is -2.36.